The van der Waals surface area contributed by atoms with Crippen LogP contribution in [0.25, 0.3) is 0 Å². The Morgan fingerprint density at radius 3 is 2.33 bits per heavy atom. The van der Waals surface area contributed by atoms with E-state index >= 15 is 0 Å². The van der Waals surface area contributed by atoms with Crippen molar-refractivity contribution in [2.75, 3.05) is 26.2 Å². The van der Waals surface area contributed by atoms with Crippen molar-refractivity contribution in [1.82, 2.24) is 9.80 Å². The Hall–Kier alpha value is -1.19. The molecule has 0 spiro atoms. The minimum Gasteiger partial charge on any atom is -0.298 e. The molecule has 1 atom stereocenters. The van der Waals surface area contributed by atoms with Crippen LogP contribution in [0.4, 0.5) is 0 Å². The minimum atomic E-state index is -0.00606. The fourth-order valence-corrected chi connectivity index (χ4v) is 3.23. The second-order valence-electron chi connectivity index (χ2n) is 6.64. The summed E-state index contributed by atoms with van der Waals surface area (Å²) in [6.45, 7) is 10.5. The average molecular weight is 286 g/mol. The highest BCUT2D eigenvalue weighted by molar-refractivity contribution is 6.00. The van der Waals surface area contributed by atoms with Crippen LogP contribution in [0.1, 0.15) is 41.3 Å². The Morgan fingerprint density at radius 2 is 1.76 bits per heavy atom. The topological polar surface area (TPSA) is 23.6 Å². The highest BCUT2D eigenvalue weighted by atomic mass is 16.1. The molecule has 1 heterocycles. The molecule has 2 aliphatic rings. The summed E-state index contributed by atoms with van der Waals surface area (Å²) in [7, 11) is 0. The Kier molecular flexibility index (Phi) is 4.14. The van der Waals surface area contributed by atoms with Crippen LogP contribution in [-0.2, 0) is 0 Å². The van der Waals surface area contributed by atoms with Crippen LogP contribution in [0.5, 0.6) is 0 Å². The quantitative estimate of drug-likeness (QED) is 0.795. The molecule has 1 aromatic carbocycles. The molecule has 0 radical (unpaired) electrons. The third-order valence-corrected chi connectivity index (χ3v) is 5.13. The summed E-state index contributed by atoms with van der Waals surface area (Å²) >= 11 is 0. The highest BCUT2D eigenvalue weighted by Crippen LogP contribution is 2.28. The van der Waals surface area contributed by atoms with Crippen molar-refractivity contribution in [3.05, 3.63) is 34.9 Å². The van der Waals surface area contributed by atoms with Crippen molar-refractivity contribution in [1.29, 1.82) is 0 Å². The van der Waals surface area contributed by atoms with Crippen molar-refractivity contribution in [3.8, 4) is 0 Å². The number of hydrogen-bond acceptors (Lipinski definition) is 3. The lowest BCUT2D eigenvalue weighted by molar-refractivity contribution is 0.0687. The molecular weight excluding hydrogens is 260 g/mol. The van der Waals surface area contributed by atoms with Crippen LogP contribution in [0.15, 0.2) is 18.2 Å². The van der Waals surface area contributed by atoms with Crippen LogP contribution < -0.4 is 0 Å². The van der Waals surface area contributed by atoms with Crippen LogP contribution in [0, 0.1) is 13.8 Å². The fourth-order valence-electron chi connectivity index (χ4n) is 3.23. The molecule has 1 saturated carbocycles. The van der Waals surface area contributed by atoms with Gasteiger partial charge in [-0.1, -0.05) is 12.1 Å². The zero-order valence-electron chi connectivity index (χ0n) is 13.4. The molecule has 114 valence electrons. The Morgan fingerprint density at radius 1 is 1.10 bits per heavy atom. The van der Waals surface area contributed by atoms with Crippen molar-refractivity contribution >= 4 is 5.78 Å². The number of carbonyl (C=O) groups is 1. The molecule has 0 N–H and O–H groups in total. The molecule has 0 aromatic heterocycles. The van der Waals surface area contributed by atoms with Crippen molar-refractivity contribution in [3.63, 3.8) is 0 Å². The highest BCUT2D eigenvalue weighted by Gasteiger charge is 2.33. The number of ketones is 1. The number of hydrogen-bond donors (Lipinski definition) is 0. The molecule has 1 unspecified atom stereocenters. The summed E-state index contributed by atoms with van der Waals surface area (Å²) < 4.78 is 0. The maximum Gasteiger partial charge on any atom is 0.179 e. The first-order valence-corrected chi connectivity index (χ1v) is 8.16. The molecule has 3 nitrogen and oxygen atoms in total. The SMILES string of the molecule is Cc1ccc(C(=O)C(C)N2CCN(C3CC3)CC2)cc1C. The normalized spacial score (nSPS) is 22.2. The molecule has 3 rings (SSSR count). The van der Waals surface area contributed by atoms with E-state index in [1.807, 2.05) is 12.1 Å². The van der Waals surface area contributed by atoms with Crippen molar-refractivity contribution in [2.45, 2.75) is 45.7 Å². The summed E-state index contributed by atoms with van der Waals surface area (Å²) in [5, 5.41) is 0. The first-order chi connectivity index (χ1) is 10.1. The van der Waals surface area contributed by atoms with Gasteiger partial charge in [0.05, 0.1) is 6.04 Å². The van der Waals surface area contributed by atoms with Gasteiger partial charge in [-0.25, -0.2) is 0 Å². The van der Waals surface area contributed by atoms with E-state index in [2.05, 4.69) is 36.6 Å². The molecule has 0 amide bonds. The first kappa shape index (κ1) is 14.7. The van der Waals surface area contributed by atoms with E-state index in [1.54, 1.807) is 0 Å². The van der Waals surface area contributed by atoms with Crippen LogP contribution >= 0.6 is 0 Å². The van der Waals surface area contributed by atoms with Gasteiger partial charge >= 0.3 is 0 Å². The van der Waals surface area contributed by atoms with Crippen molar-refractivity contribution in [2.24, 2.45) is 0 Å². The summed E-state index contributed by atoms with van der Waals surface area (Å²) in [5.41, 5.74) is 3.30. The van der Waals surface area contributed by atoms with Crippen LogP contribution in [-0.4, -0.2) is 53.8 Å². The third kappa shape index (κ3) is 3.19. The van der Waals surface area contributed by atoms with Crippen molar-refractivity contribution < 1.29 is 4.79 Å². The molecule has 1 aliphatic heterocycles. The van der Waals surface area contributed by atoms with E-state index in [4.69, 9.17) is 0 Å². The third-order valence-electron chi connectivity index (χ3n) is 5.13. The van der Waals surface area contributed by atoms with E-state index in [1.165, 1.54) is 24.0 Å². The zero-order valence-corrected chi connectivity index (χ0v) is 13.4. The molecule has 1 aromatic rings. The molecule has 21 heavy (non-hydrogen) atoms. The second-order valence-corrected chi connectivity index (χ2v) is 6.64. The monoisotopic (exact) mass is 286 g/mol. The van der Waals surface area contributed by atoms with E-state index in [9.17, 15) is 4.79 Å². The van der Waals surface area contributed by atoms with Gasteiger partial charge in [0.2, 0.25) is 0 Å². The second kappa shape index (κ2) is 5.90. The molecule has 2 fully saturated rings. The predicted molar refractivity (Wildman–Crippen MR) is 85.9 cm³/mol. The Bertz CT molecular complexity index is 528. The summed E-state index contributed by atoms with van der Waals surface area (Å²) in [6.07, 6.45) is 2.74. The first-order valence-electron chi connectivity index (χ1n) is 8.16. The number of Topliss-reactive ketones (excluding diaryl/α,β-unsaturated/α-hetero) is 1. The van der Waals surface area contributed by atoms with Gasteiger partial charge in [0, 0.05) is 37.8 Å². The largest absolute Gasteiger partial charge is 0.298 e. The minimum absolute atomic E-state index is 0.00606. The zero-order chi connectivity index (χ0) is 15.0. The summed E-state index contributed by atoms with van der Waals surface area (Å²) in [4.78, 5) is 17.6. The molecule has 3 heteroatoms. The van der Waals surface area contributed by atoms with Gasteiger partial charge in [-0.2, -0.15) is 0 Å². The number of piperazine rings is 1. The molecule has 1 aliphatic carbocycles. The number of nitrogens with zero attached hydrogens (tertiary/aromatic N) is 2. The van der Waals surface area contributed by atoms with E-state index < -0.39 is 0 Å². The number of rotatable bonds is 4. The van der Waals surface area contributed by atoms with Gasteiger partial charge in [0.25, 0.3) is 0 Å². The Labute approximate surface area is 127 Å². The summed E-state index contributed by atoms with van der Waals surface area (Å²) in [6, 6.07) is 6.91. The maximum absolute atomic E-state index is 12.7. The van der Waals surface area contributed by atoms with E-state index in [0.29, 0.717) is 0 Å². The number of benzene rings is 1. The van der Waals surface area contributed by atoms with Gasteiger partial charge in [-0.3, -0.25) is 14.6 Å². The maximum atomic E-state index is 12.7. The van der Waals surface area contributed by atoms with Gasteiger partial charge < -0.3 is 0 Å². The lowest BCUT2D eigenvalue weighted by Gasteiger charge is -2.37. The predicted octanol–water partition coefficient (Wildman–Crippen LogP) is 2.65. The number of aryl methyl sites for hydroxylation is 2. The van der Waals surface area contributed by atoms with E-state index in [-0.39, 0.29) is 11.8 Å². The van der Waals surface area contributed by atoms with Crippen LogP contribution in [0.2, 0.25) is 0 Å². The average Bonchev–Trinajstić information content (AvgIpc) is 3.33. The molecule has 0 bridgehead atoms. The smallest absolute Gasteiger partial charge is 0.179 e. The summed E-state index contributed by atoms with van der Waals surface area (Å²) in [5.74, 6) is 0.262. The van der Waals surface area contributed by atoms with Gasteiger partial charge in [0.1, 0.15) is 0 Å². The van der Waals surface area contributed by atoms with E-state index in [0.717, 1.165) is 37.8 Å². The van der Waals surface area contributed by atoms with Gasteiger partial charge in [-0.05, 0) is 50.8 Å². The lowest BCUT2D eigenvalue weighted by atomic mass is 9.99. The Balaban J connectivity index is 1.62. The standard InChI is InChI=1S/C18H26N2O/c1-13-4-5-16(12-14(13)2)18(21)15(3)19-8-10-20(11-9-19)17-6-7-17/h4-5,12,15,17H,6-11H2,1-3H3. The lowest BCUT2D eigenvalue weighted by Crippen LogP contribution is -2.52. The number of carbonyl (C=O) groups excluding carboxylic acids is 1. The van der Waals surface area contributed by atoms with Gasteiger partial charge in [-0.15, -0.1) is 0 Å². The molecular formula is C18H26N2O. The fraction of sp³-hybridized carbons (Fsp3) is 0.611. The molecule has 1 saturated heterocycles. The van der Waals surface area contributed by atoms with Crippen LogP contribution in [0.3, 0.4) is 0 Å². The van der Waals surface area contributed by atoms with Gasteiger partial charge in [0.15, 0.2) is 5.78 Å².